The molecule has 0 radical (unpaired) electrons. The molecule has 0 aliphatic heterocycles. The maximum atomic E-state index is 12.0. The third kappa shape index (κ3) is 5.80. The molecule has 0 aromatic heterocycles. The molecule has 0 heterocycles. The first-order valence-electron chi connectivity index (χ1n) is 6.47. The Bertz CT molecular complexity index is 617. The van der Waals surface area contributed by atoms with E-state index in [1.165, 1.54) is 6.92 Å². The minimum atomic E-state index is -4.48. The molecule has 22 heavy (non-hydrogen) atoms. The average molecular weight is 330 g/mol. The SMILES string of the molecule is CCOC(=O)C(CS(=O)(=O)O)NC(=O)C(N)c1ccccc1. The quantitative estimate of drug-likeness (QED) is 0.458. The number of ether oxygens (including phenoxy) is 1. The Morgan fingerprint density at radius 2 is 1.91 bits per heavy atom. The van der Waals surface area contributed by atoms with Crippen LogP contribution in [0.15, 0.2) is 30.3 Å². The Morgan fingerprint density at radius 3 is 2.41 bits per heavy atom. The number of nitrogens with one attached hydrogen (secondary N) is 1. The van der Waals surface area contributed by atoms with Gasteiger partial charge in [-0.2, -0.15) is 8.42 Å². The predicted molar refractivity (Wildman–Crippen MR) is 78.3 cm³/mol. The van der Waals surface area contributed by atoms with Gasteiger partial charge < -0.3 is 15.8 Å². The maximum Gasteiger partial charge on any atom is 0.329 e. The average Bonchev–Trinajstić information content (AvgIpc) is 2.45. The van der Waals surface area contributed by atoms with Crippen molar-refractivity contribution in [3.63, 3.8) is 0 Å². The number of carbonyl (C=O) groups excluding carboxylic acids is 2. The second-order valence-electron chi connectivity index (χ2n) is 4.45. The monoisotopic (exact) mass is 330 g/mol. The van der Waals surface area contributed by atoms with Crippen LogP contribution in [0.3, 0.4) is 0 Å². The van der Waals surface area contributed by atoms with Crippen molar-refractivity contribution in [2.75, 3.05) is 12.4 Å². The highest BCUT2D eigenvalue weighted by molar-refractivity contribution is 7.85. The maximum absolute atomic E-state index is 12.0. The molecular formula is C13H18N2O6S. The minimum absolute atomic E-state index is 0.00141. The smallest absolute Gasteiger partial charge is 0.329 e. The number of hydrogen-bond donors (Lipinski definition) is 3. The van der Waals surface area contributed by atoms with Crippen molar-refractivity contribution in [1.82, 2.24) is 5.32 Å². The van der Waals surface area contributed by atoms with Crippen LogP contribution in [0.25, 0.3) is 0 Å². The number of hydrogen-bond acceptors (Lipinski definition) is 6. The van der Waals surface area contributed by atoms with E-state index in [0.717, 1.165) is 0 Å². The number of benzene rings is 1. The highest BCUT2D eigenvalue weighted by Crippen LogP contribution is 2.10. The zero-order valence-electron chi connectivity index (χ0n) is 11.9. The van der Waals surface area contributed by atoms with E-state index in [4.69, 9.17) is 10.3 Å². The topological polar surface area (TPSA) is 136 Å². The third-order valence-corrected chi connectivity index (χ3v) is 3.46. The van der Waals surface area contributed by atoms with Crippen molar-refractivity contribution < 1.29 is 27.3 Å². The first kappa shape index (κ1) is 18.1. The Labute approximate surface area is 128 Å². The molecule has 2 atom stereocenters. The van der Waals surface area contributed by atoms with Crippen LogP contribution in [0.1, 0.15) is 18.5 Å². The predicted octanol–water partition coefficient (Wildman–Crippen LogP) is -0.378. The van der Waals surface area contributed by atoms with Gasteiger partial charge in [-0.3, -0.25) is 9.35 Å². The first-order chi connectivity index (χ1) is 10.2. The number of amides is 1. The first-order valence-corrected chi connectivity index (χ1v) is 8.08. The second-order valence-corrected chi connectivity index (χ2v) is 5.95. The molecule has 8 nitrogen and oxygen atoms in total. The lowest BCUT2D eigenvalue weighted by atomic mass is 10.1. The molecule has 4 N–H and O–H groups in total. The molecule has 0 saturated heterocycles. The van der Waals surface area contributed by atoms with Gasteiger partial charge in [-0.1, -0.05) is 30.3 Å². The number of nitrogens with two attached hydrogens (primary N) is 1. The molecule has 0 aliphatic rings. The summed E-state index contributed by atoms with van der Waals surface area (Å²) in [5, 5.41) is 2.18. The standard InChI is InChI=1S/C13H18N2O6S/c1-2-21-13(17)10(8-22(18,19)20)15-12(16)11(14)9-6-4-3-5-7-9/h3-7,10-11H,2,8,14H2,1H3,(H,15,16)(H,18,19,20). The van der Waals surface area contributed by atoms with Crippen molar-refractivity contribution >= 4 is 22.0 Å². The van der Waals surface area contributed by atoms with Crippen molar-refractivity contribution in [1.29, 1.82) is 0 Å². The van der Waals surface area contributed by atoms with Gasteiger partial charge in [0.05, 0.1) is 6.61 Å². The van der Waals surface area contributed by atoms with Gasteiger partial charge in [0.1, 0.15) is 17.8 Å². The van der Waals surface area contributed by atoms with Crippen LogP contribution in [0.2, 0.25) is 0 Å². The summed E-state index contributed by atoms with van der Waals surface area (Å²) in [6, 6.07) is 5.73. The molecule has 1 rings (SSSR count). The summed E-state index contributed by atoms with van der Waals surface area (Å²) in [5.74, 6) is -2.71. The molecule has 0 spiro atoms. The molecule has 9 heteroatoms. The van der Waals surface area contributed by atoms with E-state index in [0.29, 0.717) is 5.56 Å². The summed E-state index contributed by atoms with van der Waals surface area (Å²) in [6.07, 6.45) is 0. The molecule has 1 aromatic rings. The zero-order valence-corrected chi connectivity index (χ0v) is 12.7. The van der Waals surface area contributed by atoms with Crippen LogP contribution in [0.5, 0.6) is 0 Å². The van der Waals surface area contributed by atoms with Gasteiger partial charge in [0.15, 0.2) is 0 Å². The minimum Gasteiger partial charge on any atom is -0.464 e. The van der Waals surface area contributed by atoms with Gasteiger partial charge in [-0.15, -0.1) is 0 Å². The molecule has 0 bridgehead atoms. The Balaban J connectivity index is 2.84. The van der Waals surface area contributed by atoms with Crippen LogP contribution in [-0.4, -0.2) is 43.2 Å². The van der Waals surface area contributed by atoms with Crippen LogP contribution in [-0.2, 0) is 24.4 Å². The van der Waals surface area contributed by atoms with Crippen molar-refractivity contribution in [3.05, 3.63) is 35.9 Å². The van der Waals surface area contributed by atoms with Gasteiger partial charge in [-0.25, -0.2) is 4.79 Å². The van der Waals surface area contributed by atoms with E-state index in [1.54, 1.807) is 30.3 Å². The second kappa shape index (κ2) is 7.87. The third-order valence-electron chi connectivity index (χ3n) is 2.71. The number of esters is 1. The van der Waals surface area contributed by atoms with E-state index in [9.17, 15) is 18.0 Å². The van der Waals surface area contributed by atoms with Gasteiger partial charge >= 0.3 is 5.97 Å². The molecule has 1 amide bonds. The summed E-state index contributed by atoms with van der Waals surface area (Å²) in [5.41, 5.74) is 6.24. The van der Waals surface area contributed by atoms with E-state index in [-0.39, 0.29) is 6.61 Å². The van der Waals surface area contributed by atoms with Crippen molar-refractivity contribution in [2.45, 2.75) is 19.0 Å². The Hall–Kier alpha value is -1.97. The van der Waals surface area contributed by atoms with Gasteiger partial charge in [0, 0.05) is 0 Å². The van der Waals surface area contributed by atoms with Crippen LogP contribution in [0, 0.1) is 0 Å². The fourth-order valence-electron chi connectivity index (χ4n) is 1.70. The van der Waals surface area contributed by atoms with E-state index in [2.05, 4.69) is 10.1 Å². The molecule has 0 aliphatic carbocycles. The van der Waals surface area contributed by atoms with Gasteiger partial charge in [0.25, 0.3) is 10.1 Å². The lowest BCUT2D eigenvalue weighted by molar-refractivity contribution is -0.146. The molecule has 1 aromatic carbocycles. The number of carbonyl (C=O) groups is 2. The Morgan fingerprint density at radius 1 is 1.32 bits per heavy atom. The van der Waals surface area contributed by atoms with Gasteiger partial charge in [0.2, 0.25) is 5.91 Å². The summed E-state index contributed by atoms with van der Waals surface area (Å²) >= 11 is 0. The summed E-state index contributed by atoms with van der Waals surface area (Å²) in [4.78, 5) is 23.7. The highest BCUT2D eigenvalue weighted by atomic mass is 32.2. The van der Waals surface area contributed by atoms with Crippen LogP contribution < -0.4 is 11.1 Å². The fourth-order valence-corrected chi connectivity index (χ4v) is 2.34. The molecule has 122 valence electrons. The van der Waals surface area contributed by atoms with Gasteiger partial charge in [-0.05, 0) is 12.5 Å². The lowest BCUT2D eigenvalue weighted by Crippen LogP contribution is -2.49. The van der Waals surface area contributed by atoms with Crippen LogP contribution >= 0.6 is 0 Å². The summed E-state index contributed by atoms with van der Waals surface area (Å²) in [7, 11) is -4.48. The van der Waals surface area contributed by atoms with Crippen LogP contribution in [0.4, 0.5) is 0 Å². The Kier molecular flexibility index (Phi) is 6.47. The summed E-state index contributed by atoms with van der Waals surface area (Å²) < 4.78 is 35.4. The lowest BCUT2D eigenvalue weighted by Gasteiger charge is -2.19. The van der Waals surface area contributed by atoms with Crippen molar-refractivity contribution in [3.8, 4) is 0 Å². The zero-order chi connectivity index (χ0) is 16.8. The molecule has 0 fully saturated rings. The van der Waals surface area contributed by atoms with E-state index in [1.807, 2.05) is 0 Å². The normalized spacial score (nSPS) is 14.0. The fraction of sp³-hybridized carbons (Fsp3) is 0.385. The van der Waals surface area contributed by atoms with E-state index >= 15 is 0 Å². The highest BCUT2D eigenvalue weighted by Gasteiger charge is 2.29. The van der Waals surface area contributed by atoms with Crippen molar-refractivity contribution in [2.24, 2.45) is 5.73 Å². The molecular weight excluding hydrogens is 312 g/mol. The summed E-state index contributed by atoms with van der Waals surface area (Å²) in [6.45, 7) is 1.53. The van der Waals surface area contributed by atoms with E-state index < -0.39 is 39.8 Å². The molecule has 2 unspecified atom stereocenters. The largest absolute Gasteiger partial charge is 0.464 e. The molecule has 0 saturated carbocycles. The number of rotatable bonds is 7.